The molecule has 1 atom stereocenters. The van der Waals surface area contributed by atoms with Crippen molar-refractivity contribution in [3.63, 3.8) is 0 Å². The van der Waals surface area contributed by atoms with Gasteiger partial charge in [0.2, 0.25) is 5.78 Å². The second-order valence-corrected chi connectivity index (χ2v) is 2.35. The van der Waals surface area contributed by atoms with Crippen LogP contribution in [0.25, 0.3) is 0 Å². The second-order valence-electron chi connectivity index (χ2n) is 2.35. The fraction of sp³-hybridized carbons (Fsp3) is 0.429. The molecule has 56 valence electrons. The first-order valence-corrected chi connectivity index (χ1v) is 3.00. The lowest BCUT2D eigenvalue weighted by atomic mass is 9.99. The van der Waals surface area contributed by atoms with E-state index in [0.717, 1.165) is 5.57 Å². The molecule has 0 spiro atoms. The third-order valence-electron chi connectivity index (χ3n) is 1.40. The number of carbonyl (C=O) groups is 1. The van der Waals surface area contributed by atoms with Crippen molar-refractivity contribution < 1.29 is 4.79 Å². The Morgan fingerprint density at radius 3 is 2.20 bits per heavy atom. The van der Waals surface area contributed by atoms with Crippen molar-refractivity contribution >= 4 is 11.6 Å². The fourth-order valence-corrected chi connectivity index (χ4v) is 0.457. The SMILES string of the molecule is C=C(C)C(C)C(=O)C(=N)N. The molecular formula is C7H12N2O. The first-order chi connectivity index (χ1) is 4.46. The summed E-state index contributed by atoms with van der Waals surface area (Å²) in [5.74, 6) is -1.07. The van der Waals surface area contributed by atoms with E-state index in [1.165, 1.54) is 0 Å². The molecule has 0 saturated heterocycles. The van der Waals surface area contributed by atoms with E-state index in [4.69, 9.17) is 11.1 Å². The maximum atomic E-state index is 10.9. The zero-order valence-electron chi connectivity index (χ0n) is 6.27. The van der Waals surface area contributed by atoms with Crippen LogP contribution in [-0.4, -0.2) is 11.6 Å². The summed E-state index contributed by atoms with van der Waals surface area (Å²) in [7, 11) is 0. The van der Waals surface area contributed by atoms with Gasteiger partial charge in [0.15, 0.2) is 5.84 Å². The van der Waals surface area contributed by atoms with E-state index in [2.05, 4.69) is 6.58 Å². The molecule has 0 saturated carbocycles. The molecule has 10 heavy (non-hydrogen) atoms. The van der Waals surface area contributed by atoms with Gasteiger partial charge in [0.25, 0.3) is 0 Å². The van der Waals surface area contributed by atoms with Gasteiger partial charge >= 0.3 is 0 Å². The Labute approximate surface area is 60.4 Å². The monoisotopic (exact) mass is 140 g/mol. The smallest absolute Gasteiger partial charge is 0.203 e. The number of allylic oxidation sites excluding steroid dienone is 1. The number of ketones is 1. The van der Waals surface area contributed by atoms with Crippen LogP contribution in [0.5, 0.6) is 0 Å². The molecule has 0 bridgehead atoms. The summed E-state index contributed by atoms with van der Waals surface area (Å²) in [6.07, 6.45) is 0. The van der Waals surface area contributed by atoms with Gasteiger partial charge in [-0.05, 0) is 6.92 Å². The van der Waals surface area contributed by atoms with Crippen molar-refractivity contribution in [1.29, 1.82) is 5.41 Å². The van der Waals surface area contributed by atoms with Crippen LogP contribution in [0.3, 0.4) is 0 Å². The van der Waals surface area contributed by atoms with Gasteiger partial charge < -0.3 is 5.73 Å². The lowest BCUT2D eigenvalue weighted by molar-refractivity contribution is -0.115. The molecule has 0 aliphatic carbocycles. The molecule has 3 N–H and O–H groups in total. The predicted octanol–water partition coefficient (Wildman–Crippen LogP) is 0.704. The summed E-state index contributed by atoms with van der Waals surface area (Å²) >= 11 is 0. The van der Waals surface area contributed by atoms with E-state index in [1.807, 2.05) is 0 Å². The molecule has 0 rings (SSSR count). The van der Waals surface area contributed by atoms with Gasteiger partial charge in [-0.25, -0.2) is 0 Å². The lowest BCUT2D eigenvalue weighted by Gasteiger charge is -2.06. The minimum atomic E-state index is -0.393. The third-order valence-corrected chi connectivity index (χ3v) is 1.40. The van der Waals surface area contributed by atoms with E-state index in [0.29, 0.717) is 0 Å². The molecule has 3 heteroatoms. The number of carbonyl (C=O) groups excluding carboxylic acids is 1. The summed E-state index contributed by atoms with van der Waals surface area (Å²) < 4.78 is 0. The fourth-order valence-electron chi connectivity index (χ4n) is 0.457. The predicted molar refractivity (Wildman–Crippen MR) is 40.9 cm³/mol. The molecule has 0 amide bonds. The van der Waals surface area contributed by atoms with Crippen molar-refractivity contribution in [2.24, 2.45) is 11.7 Å². The van der Waals surface area contributed by atoms with Crippen LogP contribution in [0.1, 0.15) is 13.8 Å². The van der Waals surface area contributed by atoms with Crippen LogP contribution in [-0.2, 0) is 4.79 Å². The summed E-state index contributed by atoms with van der Waals surface area (Å²) in [5.41, 5.74) is 5.70. The summed E-state index contributed by atoms with van der Waals surface area (Å²) in [5, 5.41) is 6.81. The quantitative estimate of drug-likeness (QED) is 0.344. The number of hydrogen-bond donors (Lipinski definition) is 2. The zero-order valence-corrected chi connectivity index (χ0v) is 6.27. The van der Waals surface area contributed by atoms with Crippen LogP contribution >= 0.6 is 0 Å². The van der Waals surface area contributed by atoms with Gasteiger partial charge in [0.1, 0.15) is 0 Å². The minimum Gasteiger partial charge on any atom is -0.381 e. The summed E-state index contributed by atoms with van der Waals surface area (Å²) in [6, 6.07) is 0. The molecule has 0 radical (unpaired) electrons. The van der Waals surface area contributed by atoms with Crippen LogP contribution in [0.2, 0.25) is 0 Å². The largest absolute Gasteiger partial charge is 0.381 e. The maximum absolute atomic E-state index is 10.9. The van der Waals surface area contributed by atoms with Gasteiger partial charge in [0.05, 0.1) is 0 Å². The summed E-state index contributed by atoms with van der Waals surface area (Å²) in [4.78, 5) is 10.9. The van der Waals surface area contributed by atoms with Crippen LogP contribution in [0.15, 0.2) is 12.2 Å². The van der Waals surface area contributed by atoms with Crippen molar-refractivity contribution in [1.82, 2.24) is 0 Å². The average molecular weight is 140 g/mol. The topological polar surface area (TPSA) is 66.9 Å². The number of hydrogen-bond acceptors (Lipinski definition) is 2. The van der Waals surface area contributed by atoms with Gasteiger partial charge in [0, 0.05) is 5.92 Å². The van der Waals surface area contributed by atoms with Crippen molar-refractivity contribution in [3.8, 4) is 0 Å². The van der Waals surface area contributed by atoms with Crippen LogP contribution in [0.4, 0.5) is 0 Å². The lowest BCUT2D eigenvalue weighted by Crippen LogP contribution is -2.28. The van der Waals surface area contributed by atoms with Crippen molar-refractivity contribution in [3.05, 3.63) is 12.2 Å². The zero-order chi connectivity index (χ0) is 8.31. The Bertz CT molecular complexity index is 184. The van der Waals surface area contributed by atoms with Gasteiger partial charge in [-0.15, -0.1) is 0 Å². The second kappa shape index (κ2) is 3.15. The van der Waals surface area contributed by atoms with E-state index in [-0.39, 0.29) is 11.7 Å². The molecule has 0 aromatic rings. The van der Waals surface area contributed by atoms with Crippen molar-refractivity contribution in [2.45, 2.75) is 13.8 Å². The minimum absolute atomic E-state index is 0.322. The molecule has 0 aromatic heterocycles. The average Bonchev–Trinajstić information content (AvgIpc) is 1.84. The van der Waals surface area contributed by atoms with Crippen molar-refractivity contribution in [2.75, 3.05) is 0 Å². The number of amidine groups is 1. The molecule has 0 heterocycles. The van der Waals surface area contributed by atoms with E-state index < -0.39 is 5.84 Å². The van der Waals surface area contributed by atoms with E-state index in [1.54, 1.807) is 13.8 Å². The van der Waals surface area contributed by atoms with Crippen LogP contribution < -0.4 is 5.73 Å². The van der Waals surface area contributed by atoms with Crippen LogP contribution in [0, 0.1) is 11.3 Å². The standard InChI is InChI=1S/C7H12N2O/c1-4(2)5(3)6(10)7(8)9/h5H,1H2,2-3H3,(H3,8,9). The number of rotatable bonds is 3. The Hall–Kier alpha value is -1.12. The highest BCUT2D eigenvalue weighted by Crippen LogP contribution is 2.06. The molecule has 0 aliphatic heterocycles. The van der Waals surface area contributed by atoms with Gasteiger partial charge in [-0.1, -0.05) is 19.1 Å². The normalized spacial score (nSPS) is 12.2. The maximum Gasteiger partial charge on any atom is 0.203 e. The molecule has 0 fully saturated rings. The van der Waals surface area contributed by atoms with Gasteiger partial charge in [-0.2, -0.15) is 0 Å². The first-order valence-electron chi connectivity index (χ1n) is 3.00. The Balaban J connectivity index is 4.22. The van der Waals surface area contributed by atoms with E-state index in [9.17, 15) is 4.79 Å². The molecule has 1 unspecified atom stereocenters. The first kappa shape index (κ1) is 8.88. The molecule has 3 nitrogen and oxygen atoms in total. The Kier molecular flexibility index (Phi) is 2.80. The number of nitrogens with two attached hydrogens (primary N) is 1. The summed E-state index contributed by atoms with van der Waals surface area (Å²) in [6.45, 7) is 7.01. The van der Waals surface area contributed by atoms with Gasteiger partial charge in [-0.3, -0.25) is 10.2 Å². The highest BCUT2D eigenvalue weighted by molar-refractivity contribution is 6.38. The molecule has 0 aliphatic rings. The molecular weight excluding hydrogens is 128 g/mol. The number of nitrogens with one attached hydrogen (secondary N) is 1. The Morgan fingerprint density at radius 1 is 1.70 bits per heavy atom. The van der Waals surface area contributed by atoms with E-state index >= 15 is 0 Å². The third kappa shape index (κ3) is 2.01. The Morgan fingerprint density at radius 2 is 2.10 bits per heavy atom. The molecule has 0 aromatic carbocycles. The highest BCUT2D eigenvalue weighted by atomic mass is 16.1. The number of Topliss-reactive ketones (excluding diaryl/α,β-unsaturated/α-hetero) is 1. The highest BCUT2D eigenvalue weighted by Gasteiger charge is 2.15.